The molecule has 0 unspecified atom stereocenters. The zero-order valence-corrected chi connectivity index (χ0v) is 19.7. The van der Waals surface area contributed by atoms with Gasteiger partial charge in [-0.1, -0.05) is 31.4 Å². The Morgan fingerprint density at radius 1 is 0.865 bits per heavy atom. The molecule has 10 heteroatoms. The Bertz CT molecular complexity index is 1210. The minimum Gasteiger partial charge on any atom is -0.345 e. The van der Waals surface area contributed by atoms with E-state index < -0.39 is 40.8 Å². The molecule has 1 saturated carbocycles. The van der Waals surface area contributed by atoms with Crippen molar-refractivity contribution in [1.82, 2.24) is 9.47 Å². The first-order chi connectivity index (χ1) is 17.4. The standard InChI is InChI=1S/C27H25F7N2O/c28-22-7-4-6-18(12-22)16-35-11-5-10-24(35)17-36(23-8-2-1-3-9-23)25(37)19-13-20(26(29,30)31)15-21(14-19)27(32,33)34/h4-7,10-15,23H,1-3,8-9,16-17H2. The molecule has 0 N–H and O–H groups in total. The molecule has 1 heterocycles. The van der Waals surface area contributed by atoms with Gasteiger partial charge in [0.15, 0.2) is 0 Å². The molecule has 37 heavy (non-hydrogen) atoms. The number of benzene rings is 2. The molecule has 1 amide bonds. The number of hydrogen-bond acceptors (Lipinski definition) is 1. The highest BCUT2D eigenvalue weighted by molar-refractivity contribution is 5.95. The average molecular weight is 526 g/mol. The van der Waals surface area contributed by atoms with E-state index in [4.69, 9.17) is 0 Å². The fourth-order valence-corrected chi connectivity index (χ4v) is 4.76. The van der Waals surface area contributed by atoms with Crippen LogP contribution in [0.1, 0.15) is 64.8 Å². The van der Waals surface area contributed by atoms with Crippen molar-refractivity contribution in [2.75, 3.05) is 0 Å². The van der Waals surface area contributed by atoms with E-state index in [1.54, 1.807) is 35.0 Å². The average Bonchev–Trinajstić information content (AvgIpc) is 3.27. The summed E-state index contributed by atoms with van der Waals surface area (Å²) in [6.45, 7) is 0.276. The molecule has 1 aromatic heterocycles. The molecular formula is C27H25F7N2O. The molecule has 3 nitrogen and oxygen atoms in total. The summed E-state index contributed by atoms with van der Waals surface area (Å²) < 4.78 is 96.0. The van der Waals surface area contributed by atoms with Crippen molar-refractivity contribution in [2.24, 2.45) is 0 Å². The number of rotatable bonds is 6. The van der Waals surface area contributed by atoms with Crippen molar-refractivity contribution in [3.63, 3.8) is 0 Å². The fourth-order valence-electron chi connectivity index (χ4n) is 4.76. The molecule has 0 radical (unpaired) electrons. The normalized spacial score (nSPS) is 15.1. The number of aromatic nitrogens is 1. The van der Waals surface area contributed by atoms with E-state index in [2.05, 4.69) is 0 Å². The van der Waals surface area contributed by atoms with Gasteiger partial charge < -0.3 is 9.47 Å². The highest BCUT2D eigenvalue weighted by Gasteiger charge is 2.38. The van der Waals surface area contributed by atoms with Crippen molar-refractivity contribution >= 4 is 5.91 Å². The first-order valence-corrected chi connectivity index (χ1v) is 11.9. The van der Waals surface area contributed by atoms with E-state index in [-0.39, 0.29) is 25.2 Å². The van der Waals surface area contributed by atoms with Crippen molar-refractivity contribution in [1.29, 1.82) is 0 Å². The maximum atomic E-state index is 13.7. The molecule has 198 valence electrons. The maximum absolute atomic E-state index is 13.7. The number of alkyl halides is 6. The Hall–Kier alpha value is -3.30. The third-order valence-electron chi connectivity index (χ3n) is 6.61. The summed E-state index contributed by atoms with van der Waals surface area (Å²) in [6, 6.07) is 10.1. The lowest BCUT2D eigenvalue weighted by Gasteiger charge is -2.35. The number of nitrogens with zero attached hydrogens (tertiary/aromatic N) is 2. The van der Waals surface area contributed by atoms with Crippen LogP contribution in [0, 0.1) is 5.82 Å². The van der Waals surface area contributed by atoms with Gasteiger partial charge in [-0.25, -0.2) is 4.39 Å². The van der Waals surface area contributed by atoms with Crippen LogP contribution in [-0.4, -0.2) is 21.4 Å². The molecule has 0 bridgehead atoms. The highest BCUT2D eigenvalue weighted by Crippen LogP contribution is 2.37. The van der Waals surface area contributed by atoms with Gasteiger partial charge in [0.05, 0.1) is 17.7 Å². The fraction of sp³-hybridized carbons (Fsp3) is 0.370. The van der Waals surface area contributed by atoms with Crippen LogP contribution in [0.15, 0.2) is 60.8 Å². The molecule has 0 aliphatic heterocycles. The van der Waals surface area contributed by atoms with Crippen LogP contribution in [0.2, 0.25) is 0 Å². The summed E-state index contributed by atoms with van der Waals surface area (Å²) in [5.74, 6) is -1.29. The number of halogens is 7. The third kappa shape index (κ3) is 6.53. The first-order valence-electron chi connectivity index (χ1n) is 11.9. The molecule has 0 atom stereocenters. The van der Waals surface area contributed by atoms with Gasteiger partial charge in [-0.05, 0) is 60.9 Å². The highest BCUT2D eigenvalue weighted by atomic mass is 19.4. The number of hydrogen-bond donors (Lipinski definition) is 0. The molecule has 1 aliphatic carbocycles. The Kier molecular flexibility index (Phi) is 7.66. The van der Waals surface area contributed by atoms with Crippen LogP contribution in [0.5, 0.6) is 0 Å². The van der Waals surface area contributed by atoms with Gasteiger partial charge in [0, 0.05) is 30.0 Å². The minimum atomic E-state index is -5.05. The summed E-state index contributed by atoms with van der Waals surface area (Å²) in [5.41, 5.74) is -2.41. The molecule has 1 fully saturated rings. The summed E-state index contributed by atoms with van der Waals surface area (Å²) in [4.78, 5) is 15.0. The van der Waals surface area contributed by atoms with E-state index in [1.165, 1.54) is 17.0 Å². The van der Waals surface area contributed by atoms with Gasteiger partial charge in [0.1, 0.15) is 5.82 Å². The van der Waals surface area contributed by atoms with E-state index in [9.17, 15) is 35.5 Å². The second-order valence-corrected chi connectivity index (χ2v) is 9.28. The number of carbonyl (C=O) groups excluding carboxylic acids is 1. The lowest BCUT2D eigenvalue weighted by molar-refractivity contribution is -0.143. The zero-order chi connectivity index (χ0) is 26.8. The molecule has 1 aliphatic rings. The summed E-state index contributed by atoms with van der Waals surface area (Å²) in [7, 11) is 0. The molecule has 3 aromatic rings. The number of carbonyl (C=O) groups is 1. The van der Waals surface area contributed by atoms with Gasteiger partial charge in [-0.3, -0.25) is 4.79 Å². The van der Waals surface area contributed by atoms with Crippen molar-refractivity contribution in [2.45, 2.75) is 63.6 Å². The van der Waals surface area contributed by atoms with Gasteiger partial charge in [0.25, 0.3) is 5.91 Å². The van der Waals surface area contributed by atoms with Gasteiger partial charge in [-0.15, -0.1) is 0 Å². The zero-order valence-electron chi connectivity index (χ0n) is 19.7. The Labute approximate surface area is 209 Å². The summed E-state index contributed by atoms with van der Waals surface area (Å²) in [5, 5.41) is 0. The van der Waals surface area contributed by atoms with Gasteiger partial charge >= 0.3 is 12.4 Å². The quantitative estimate of drug-likeness (QED) is 0.303. The summed E-state index contributed by atoms with van der Waals surface area (Å²) >= 11 is 0. The SMILES string of the molecule is O=C(c1cc(C(F)(F)F)cc(C(F)(F)F)c1)N(Cc1cccn1Cc1cccc(F)c1)C1CCCCC1. The van der Waals surface area contributed by atoms with Crippen LogP contribution < -0.4 is 0 Å². The van der Waals surface area contributed by atoms with Crippen molar-refractivity contribution in [3.05, 3.63) is 94.6 Å². The predicted molar refractivity (Wildman–Crippen MR) is 123 cm³/mol. The Morgan fingerprint density at radius 3 is 2.11 bits per heavy atom. The maximum Gasteiger partial charge on any atom is 0.416 e. The molecule has 2 aromatic carbocycles. The van der Waals surface area contributed by atoms with Crippen LogP contribution >= 0.6 is 0 Å². The monoisotopic (exact) mass is 526 g/mol. The second kappa shape index (κ2) is 10.6. The van der Waals surface area contributed by atoms with Gasteiger partial charge in [-0.2, -0.15) is 26.3 Å². The van der Waals surface area contributed by atoms with Crippen LogP contribution in [0.3, 0.4) is 0 Å². The van der Waals surface area contributed by atoms with E-state index in [0.717, 1.165) is 19.3 Å². The topological polar surface area (TPSA) is 25.2 Å². The van der Waals surface area contributed by atoms with E-state index in [1.807, 2.05) is 0 Å². The number of amides is 1. The molecule has 4 rings (SSSR count). The summed E-state index contributed by atoms with van der Waals surface area (Å²) in [6.07, 6.45) is -4.63. The molecule has 0 spiro atoms. The Morgan fingerprint density at radius 2 is 1.51 bits per heavy atom. The van der Waals surface area contributed by atoms with E-state index >= 15 is 0 Å². The minimum absolute atomic E-state index is 0.0105. The Balaban J connectivity index is 1.70. The van der Waals surface area contributed by atoms with Crippen molar-refractivity contribution in [3.8, 4) is 0 Å². The second-order valence-electron chi connectivity index (χ2n) is 9.28. The first kappa shape index (κ1) is 26.8. The lowest BCUT2D eigenvalue weighted by atomic mass is 9.93. The van der Waals surface area contributed by atoms with Crippen LogP contribution in [0.4, 0.5) is 30.7 Å². The van der Waals surface area contributed by atoms with Crippen LogP contribution in [-0.2, 0) is 25.4 Å². The van der Waals surface area contributed by atoms with Crippen LogP contribution in [0.25, 0.3) is 0 Å². The van der Waals surface area contributed by atoms with Crippen molar-refractivity contribution < 1.29 is 35.5 Å². The van der Waals surface area contributed by atoms with Gasteiger partial charge in [0.2, 0.25) is 0 Å². The lowest BCUT2D eigenvalue weighted by Crippen LogP contribution is -2.41. The van der Waals surface area contributed by atoms with E-state index in [0.29, 0.717) is 36.2 Å². The third-order valence-corrected chi connectivity index (χ3v) is 6.61. The largest absolute Gasteiger partial charge is 0.416 e. The molecule has 0 saturated heterocycles. The predicted octanol–water partition coefficient (Wildman–Crippen LogP) is 7.69. The molecular weight excluding hydrogens is 501 g/mol. The smallest absolute Gasteiger partial charge is 0.345 e.